The van der Waals surface area contributed by atoms with E-state index in [0.717, 1.165) is 12.2 Å². The molecular formula is C16H22ClN3O5. The molecule has 138 valence electrons. The van der Waals surface area contributed by atoms with Gasteiger partial charge in [0.15, 0.2) is 11.5 Å². The molecule has 0 radical (unpaired) electrons. The highest BCUT2D eigenvalue weighted by molar-refractivity contribution is 5.65. The molecule has 0 atom stereocenters. The van der Waals surface area contributed by atoms with E-state index in [4.69, 9.17) is 14.2 Å². The summed E-state index contributed by atoms with van der Waals surface area (Å²) in [5.74, 6) is 0.0417. The second kappa shape index (κ2) is 7.81. The van der Waals surface area contributed by atoms with Gasteiger partial charge in [-0.2, -0.15) is 0 Å². The SMILES string of the molecule is COc1cc2c(cc1NCCn1cc[n+](C)c1)OC(CO)(CO)O2.[Cl-]. The number of aromatic nitrogens is 2. The summed E-state index contributed by atoms with van der Waals surface area (Å²) in [6.45, 7) is 0.577. The van der Waals surface area contributed by atoms with Gasteiger partial charge in [-0.3, -0.25) is 0 Å². The van der Waals surface area contributed by atoms with Crippen LogP contribution in [0.4, 0.5) is 5.69 Å². The number of fused-ring (bicyclic) bond motifs is 1. The van der Waals surface area contributed by atoms with Gasteiger partial charge in [0.05, 0.1) is 26.4 Å². The fourth-order valence-electron chi connectivity index (χ4n) is 2.56. The smallest absolute Gasteiger partial charge is 0.297 e. The molecule has 9 heteroatoms. The lowest BCUT2D eigenvalue weighted by atomic mass is 10.2. The van der Waals surface area contributed by atoms with Crippen LogP contribution in [0.15, 0.2) is 30.9 Å². The number of nitrogens with zero attached hydrogens (tertiary/aromatic N) is 2. The monoisotopic (exact) mass is 371 g/mol. The number of nitrogens with one attached hydrogen (secondary N) is 1. The van der Waals surface area contributed by atoms with Gasteiger partial charge >= 0.3 is 0 Å². The van der Waals surface area contributed by atoms with Crippen LogP contribution in [-0.4, -0.2) is 47.4 Å². The quantitative estimate of drug-likeness (QED) is 0.447. The summed E-state index contributed by atoms with van der Waals surface area (Å²) < 4.78 is 20.5. The number of benzene rings is 1. The number of hydrogen-bond donors (Lipinski definition) is 3. The zero-order valence-electron chi connectivity index (χ0n) is 14.1. The number of imidazole rings is 1. The molecule has 0 saturated heterocycles. The summed E-state index contributed by atoms with van der Waals surface area (Å²) >= 11 is 0. The fourth-order valence-corrected chi connectivity index (χ4v) is 2.56. The van der Waals surface area contributed by atoms with Crippen LogP contribution in [0.2, 0.25) is 0 Å². The molecule has 3 N–H and O–H groups in total. The molecule has 0 bridgehead atoms. The molecule has 1 aromatic carbocycles. The zero-order valence-corrected chi connectivity index (χ0v) is 14.9. The van der Waals surface area contributed by atoms with E-state index in [0.29, 0.717) is 23.8 Å². The third-order valence-corrected chi connectivity index (χ3v) is 3.85. The van der Waals surface area contributed by atoms with Crippen molar-refractivity contribution in [1.82, 2.24) is 4.57 Å². The number of anilines is 1. The first-order chi connectivity index (χ1) is 11.6. The minimum Gasteiger partial charge on any atom is -1.00 e. The van der Waals surface area contributed by atoms with Gasteiger partial charge in [-0.1, -0.05) is 0 Å². The maximum atomic E-state index is 9.39. The van der Waals surface area contributed by atoms with E-state index in [-0.39, 0.29) is 12.4 Å². The van der Waals surface area contributed by atoms with Gasteiger partial charge in [-0.25, -0.2) is 9.13 Å². The first-order valence-corrected chi connectivity index (χ1v) is 7.66. The molecule has 1 aliphatic heterocycles. The van der Waals surface area contributed by atoms with Gasteiger partial charge in [0.1, 0.15) is 37.9 Å². The Bertz CT molecular complexity index is 718. The molecule has 8 nitrogen and oxygen atoms in total. The van der Waals surface area contributed by atoms with E-state index < -0.39 is 19.0 Å². The first kappa shape index (κ1) is 19.2. The Kier molecular flexibility index (Phi) is 5.99. The third kappa shape index (κ3) is 3.92. The van der Waals surface area contributed by atoms with E-state index in [9.17, 15) is 10.2 Å². The number of hydrogen-bond acceptors (Lipinski definition) is 6. The lowest BCUT2D eigenvalue weighted by Crippen LogP contribution is -3.00. The maximum absolute atomic E-state index is 9.39. The molecule has 0 fully saturated rings. The van der Waals surface area contributed by atoms with Crippen LogP contribution in [-0.2, 0) is 13.6 Å². The number of aliphatic hydroxyl groups is 2. The van der Waals surface area contributed by atoms with Crippen molar-refractivity contribution in [3.8, 4) is 17.2 Å². The minimum absolute atomic E-state index is 0. The number of methoxy groups -OCH3 is 1. The van der Waals surface area contributed by atoms with Crippen LogP contribution in [0.3, 0.4) is 0 Å². The Balaban J connectivity index is 0.00000225. The molecule has 2 heterocycles. The van der Waals surface area contributed by atoms with Gasteiger partial charge in [0.2, 0.25) is 6.33 Å². The molecule has 0 spiro atoms. The van der Waals surface area contributed by atoms with E-state index in [1.165, 1.54) is 0 Å². The standard InChI is InChI=1S/C16H22N3O5.ClH/c1-18-5-6-19(11-18)4-3-17-12-7-14-15(8-13(12)22-2)24-16(9-20,10-21)23-14;/h5-8,11,17,20-21H,3-4,9-10H2,1-2H3;1H/q+1;/p-1. The van der Waals surface area contributed by atoms with Crippen molar-refractivity contribution in [2.45, 2.75) is 12.3 Å². The van der Waals surface area contributed by atoms with E-state index in [2.05, 4.69) is 9.88 Å². The largest absolute Gasteiger partial charge is 1.00 e. The minimum atomic E-state index is -1.44. The second-order valence-corrected chi connectivity index (χ2v) is 5.67. The van der Waals surface area contributed by atoms with Crippen LogP contribution in [0.25, 0.3) is 0 Å². The topological polar surface area (TPSA) is 89.0 Å². The Labute approximate surface area is 152 Å². The number of aliphatic hydroxyl groups excluding tert-OH is 2. The summed E-state index contributed by atoms with van der Waals surface area (Å²) in [6, 6.07) is 3.43. The highest BCUT2D eigenvalue weighted by Gasteiger charge is 2.41. The van der Waals surface area contributed by atoms with Crippen molar-refractivity contribution < 1.29 is 41.4 Å². The number of rotatable bonds is 7. The molecule has 1 aliphatic rings. The second-order valence-electron chi connectivity index (χ2n) is 5.67. The summed E-state index contributed by atoms with van der Waals surface area (Å²) in [4.78, 5) is 0. The van der Waals surface area contributed by atoms with Crippen LogP contribution in [0, 0.1) is 0 Å². The number of ether oxygens (including phenoxy) is 3. The zero-order chi connectivity index (χ0) is 17.2. The molecule has 0 amide bonds. The molecule has 0 aliphatic carbocycles. The summed E-state index contributed by atoms with van der Waals surface area (Å²) in [5.41, 5.74) is 0.753. The van der Waals surface area contributed by atoms with Crippen LogP contribution in [0.1, 0.15) is 0 Å². The Morgan fingerprint density at radius 2 is 1.92 bits per heavy atom. The summed E-state index contributed by atoms with van der Waals surface area (Å²) in [7, 11) is 3.54. The van der Waals surface area contributed by atoms with Gasteiger partial charge in [-0.05, 0) is 0 Å². The van der Waals surface area contributed by atoms with E-state index in [1.54, 1.807) is 19.2 Å². The van der Waals surface area contributed by atoms with Crippen LogP contribution >= 0.6 is 0 Å². The van der Waals surface area contributed by atoms with Crippen molar-refractivity contribution in [2.24, 2.45) is 7.05 Å². The number of aryl methyl sites for hydroxylation is 1. The maximum Gasteiger partial charge on any atom is 0.297 e. The van der Waals surface area contributed by atoms with Crippen molar-refractivity contribution in [3.05, 3.63) is 30.9 Å². The van der Waals surface area contributed by atoms with Gasteiger partial charge < -0.3 is 42.1 Å². The highest BCUT2D eigenvalue weighted by Crippen LogP contribution is 2.45. The van der Waals surface area contributed by atoms with E-state index >= 15 is 0 Å². The van der Waals surface area contributed by atoms with Crippen LogP contribution < -0.4 is 36.5 Å². The average Bonchev–Trinajstić information content (AvgIpc) is 3.17. The Morgan fingerprint density at radius 1 is 1.24 bits per heavy atom. The highest BCUT2D eigenvalue weighted by atomic mass is 35.5. The number of halogens is 1. The van der Waals surface area contributed by atoms with Crippen LogP contribution in [0.5, 0.6) is 17.2 Å². The summed E-state index contributed by atoms with van der Waals surface area (Å²) in [6.07, 6.45) is 5.97. The van der Waals surface area contributed by atoms with Crippen molar-refractivity contribution >= 4 is 5.69 Å². The predicted molar refractivity (Wildman–Crippen MR) is 85.3 cm³/mol. The first-order valence-electron chi connectivity index (χ1n) is 7.66. The lowest BCUT2D eigenvalue weighted by molar-refractivity contribution is -0.671. The molecule has 1 aromatic heterocycles. The third-order valence-electron chi connectivity index (χ3n) is 3.85. The van der Waals surface area contributed by atoms with Gasteiger partial charge in [-0.15, -0.1) is 0 Å². The van der Waals surface area contributed by atoms with Gasteiger partial charge in [0.25, 0.3) is 5.79 Å². The fraction of sp³-hybridized carbons (Fsp3) is 0.438. The predicted octanol–water partition coefficient (Wildman–Crippen LogP) is -3.11. The Morgan fingerprint density at radius 3 is 2.48 bits per heavy atom. The average molecular weight is 372 g/mol. The molecule has 3 rings (SSSR count). The van der Waals surface area contributed by atoms with Crippen molar-refractivity contribution in [3.63, 3.8) is 0 Å². The van der Waals surface area contributed by atoms with Gasteiger partial charge in [0, 0.05) is 12.1 Å². The molecule has 25 heavy (non-hydrogen) atoms. The van der Waals surface area contributed by atoms with Crippen molar-refractivity contribution in [2.75, 3.05) is 32.2 Å². The Hall–Kier alpha value is -2.16. The lowest BCUT2D eigenvalue weighted by Gasteiger charge is -2.22. The normalized spacial score (nSPS) is 14.1. The van der Waals surface area contributed by atoms with E-state index in [1.807, 2.05) is 30.3 Å². The molecular weight excluding hydrogens is 350 g/mol. The molecule has 0 saturated carbocycles. The van der Waals surface area contributed by atoms with Crippen molar-refractivity contribution in [1.29, 1.82) is 0 Å². The molecule has 0 unspecified atom stereocenters. The summed E-state index contributed by atoms with van der Waals surface area (Å²) in [5, 5.41) is 22.1. The molecule has 2 aromatic rings.